The largest absolute Gasteiger partial charge is 0.348 e. The van der Waals surface area contributed by atoms with Gasteiger partial charge in [0.1, 0.15) is 0 Å². The van der Waals surface area contributed by atoms with E-state index in [1.165, 1.54) is 0 Å². The monoisotopic (exact) mass is 211 g/mol. The van der Waals surface area contributed by atoms with Crippen LogP contribution in [0.2, 0.25) is 0 Å². The summed E-state index contributed by atoms with van der Waals surface area (Å²) < 4.78 is 0. The van der Waals surface area contributed by atoms with Crippen LogP contribution in [0.15, 0.2) is 23.3 Å². The van der Waals surface area contributed by atoms with Crippen molar-refractivity contribution in [2.45, 2.75) is 26.8 Å². The minimum atomic E-state index is -0.448. The third-order valence-corrected chi connectivity index (χ3v) is 4.34. The molecule has 1 aliphatic carbocycles. The van der Waals surface area contributed by atoms with Crippen LogP contribution in [-0.2, 0) is 4.79 Å². The topological polar surface area (TPSA) is 29.1 Å². The number of allylic oxidation sites excluding steroid dienone is 2. The van der Waals surface area contributed by atoms with Crippen LogP contribution in [0, 0.1) is 10.8 Å². The van der Waals surface area contributed by atoms with Gasteiger partial charge in [-0.1, -0.05) is 44.5 Å². The first-order valence-electron chi connectivity index (χ1n) is 4.76. The highest BCUT2D eigenvalue weighted by molar-refractivity contribution is 6.31. The molecule has 0 aromatic rings. The number of hydrogen-bond acceptors (Lipinski definition) is 1. The molecule has 2 atom stereocenters. The second kappa shape index (κ2) is 2.63. The van der Waals surface area contributed by atoms with Gasteiger partial charge in [0, 0.05) is 10.4 Å². The standard InChI is InChI=1S/C11H14ClNO/c1-10(2)9(14)13-8-6-4-5-7(12)11(8,10)3/h4-6,8H,1-3H3,(H,13,14). The summed E-state index contributed by atoms with van der Waals surface area (Å²) in [4.78, 5) is 11.8. The summed E-state index contributed by atoms with van der Waals surface area (Å²) in [5.74, 6) is 0.0723. The van der Waals surface area contributed by atoms with Crippen molar-refractivity contribution >= 4 is 17.5 Å². The van der Waals surface area contributed by atoms with E-state index in [0.717, 1.165) is 5.03 Å². The number of hydrogen-bond donors (Lipinski definition) is 1. The van der Waals surface area contributed by atoms with E-state index in [4.69, 9.17) is 11.6 Å². The van der Waals surface area contributed by atoms with E-state index in [9.17, 15) is 4.79 Å². The van der Waals surface area contributed by atoms with E-state index in [-0.39, 0.29) is 17.4 Å². The van der Waals surface area contributed by atoms with Crippen molar-refractivity contribution < 1.29 is 4.79 Å². The second-order valence-electron chi connectivity index (χ2n) is 4.68. The first-order chi connectivity index (χ1) is 6.40. The fraction of sp³-hybridized carbons (Fsp3) is 0.545. The van der Waals surface area contributed by atoms with Crippen molar-refractivity contribution in [1.82, 2.24) is 5.32 Å². The Labute approximate surface area is 89.0 Å². The lowest BCUT2D eigenvalue weighted by Crippen LogP contribution is -2.41. The number of halogens is 1. The minimum absolute atomic E-state index is 0.0301. The van der Waals surface area contributed by atoms with Crippen molar-refractivity contribution in [3.63, 3.8) is 0 Å². The van der Waals surface area contributed by atoms with Crippen LogP contribution in [0.3, 0.4) is 0 Å². The van der Waals surface area contributed by atoms with Crippen LogP contribution in [0.1, 0.15) is 20.8 Å². The number of nitrogens with one attached hydrogen (secondary N) is 1. The highest BCUT2D eigenvalue weighted by Crippen LogP contribution is 2.54. The molecule has 1 N–H and O–H groups in total. The van der Waals surface area contributed by atoms with Crippen molar-refractivity contribution in [1.29, 1.82) is 0 Å². The predicted molar refractivity (Wildman–Crippen MR) is 56.9 cm³/mol. The van der Waals surface area contributed by atoms with E-state index < -0.39 is 5.41 Å². The SMILES string of the molecule is CC1(C)C(=O)NC2C=CC=C(Cl)C21C. The molecule has 0 aromatic heterocycles. The van der Waals surface area contributed by atoms with Gasteiger partial charge in [-0.3, -0.25) is 4.79 Å². The molecule has 2 unspecified atom stereocenters. The highest BCUT2D eigenvalue weighted by Gasteiger charge is 2.58. The molecule has 1 saturated heterocycles. The zero-order valence-electron chi connectivity index (χ0n) is 8.60. The van der Waals surface area contributed by atoms with Crippen molar-refractivity contribution in [3.05, 3.63) is 23.3 Å². The fourth-order valence-corrected chi connectivity index (χ4v) is 2.63. The van der Waals surface area contributed by atoms with Crippen molar-refractivity contribution in [2.24, 2.45) is 10.8 Å². The Bertz CT molecular complexity index is 356. The summed E-state index contributed by atoms with van der Waals surface area (Å²) in [5, 5.41) is 3.72. The lowest BCUT2D eigenvalue weighted by Gasteiger charge is -2.39. The number of amides is 1. The van der Waals surface area contributed by atoms with Gasteiger partial charge in [0.15, 0.2) is 0 Å². The molecule has 1 fully saturated rings. The minimum Gasteiger partial charge on any atom is -0.348 e. The highest BCUT2D eigenvalue weighted by atomic mass is 35.5. The van der Waals surface area contributed by atoms with E-state index in [1.54, 1.807) is 0 Å². The zero-order chi connectivity index (χ0) is 10.6. The Hall–Kier alpha value is -0.760. The summed E-state index contributed by atoms with van der Waals surface area (Å²) >= 11 is 6.23. The smallest absolute Gasteiger partial charge is 0.227 e. The van der Waals surface area contributed by atoms with Gasteiger partial charge in [0.25, 0.3) is 0 Å². The van der Waals surface area contributed by atoms with Gasteiger partial charge in [-0.2, -0.15) is 0 Å². The van der Waals surface area contributed by atoms with Gasteiger partial charge in [-0.15, -0.1) is 0 Å². The second-order valence-corrected chi connectivity index (χ2v) is 5.09. The molecule has 0 saturated carbocycles. The Balaban J connectivity index is 2.57. The maximum Gasteiger partial charge on any atom is 0.227 e. The van der Waals surface area contributed by atoms with E-state index >= 15 is 0 Å². The van der Waals surface area contributed by atoms with Crippen LogP contribution < -0.4 is 5.32 Å². The summed E-state index contributed by atoms with van der Waals surface area (Å²) in [5.41, 5.74) is -0.754. The molecule has 0 bridgehead atoms. The predicted octanol–water partition coefficient (Wildman–Crippen LogP) is 2.21. The third kappa shape index (κ3) is 0.897. The molecule has 2 aliphatic rings. The molecule has 14 heavy (non-hydrogen) atoms. The molecule has 2 rings (SSSR count). The van der Waals surface area contributed by atoms with Crippen LogP contribution in [0.4, 0.5) is 0 Å². The van der Waals surface area contributed by atoms with Gasteiger partial charge < -0.3 is 5.32 Å². The Morgan fingerprint density at radius 2 is 2.07 bits per heavy atom. The molecular weight excluding hydrogens is 198 g/mol. The number of carbonyl (C=O) groups is 1. The van der Waals surface area contributed by atoms with Crippen molar-refractivity contribution in [3.8, 4) is 0 Å². The number of rotatable bonds is 0. The number of carbonyl (C=O) groups excluding carboxylic acids is 1. The third-order valence-electron chi connectivity index (χ3n) is 3.82. The summed E-state index contributed by atoms with van der Waals surface area (Å²) in [7, 11) is 0. The average molecular weight is 212 g/mol. The van der Waals surface area contributed by atoms with Gasteiger partial charge in [0.05, 0.1) is 11.5 Å². The first-order valence-corrected chi connectivity index (χ1v) is 5.14. The van der Waals surface area contributed by atoms with Crippen LogP contribution in [0.25, 0.3) is 0 Å². The summed E-state index contributed by atoms with van der Waals surface area (Å²) in [6.07, 6.45) is 5.77. The lowest BCUT2D eigenvalue weighted by atomic mass is 9.64. The Morgan fingerprint density at radius 3 is 2.64 bits per heavy atom. The fourth-order valence-electron chi connectivity index (χ4n) is 2.20. The molecule has 3 heteroatoms. The van der Waals surface area contributed by atoms with Gasteiger partial charge >= 0.3 is 0 Å². The van der Waals surface area contributed by atoms with E-state index in [0.29, 0.717) is 0 Å². The van der Waals surface area contributed by atoms with Crippen molar-refractivity contribution in [2.75, 3.05) is 0 Å². The normalized spacial score (nSPS) is 39.0. The average Bonchev–Trinajstić information content (AvgIpc) is 2.28. The molecule has 1 heterocycles. The number of fused-ring (bicyclic) bond motifs is 1. The maximum absolute atomic E-state index is 11.8. The molecule has 1 amide bonds. The summed E-state index contributed by atoms with van der Waals surface area (Å²) in [6.45, 7) is 5.92. The molecule has 0 radical (unpaired) electrons. The quantitative estimate of drug-likeness (QED) is 0.654. The molecular formula is C11H14ClNO. The molecule has 2 nitrogen and oxygen atoms in total. The zero-order valence-corrected chi connectivity index (χ0v) is 9.35. The first kappa shape index (κ1) is 9.78. The molecule has 1 aliphatic heterocycles. The van der Waals surface area contributed by atoms with Crippen LogP contribution >= 0.6 is 11.6 Å². The van der Waals surface area contributed by atoms with Crippen LogP contribution in [0.5, 0.6) is 0 Å². The van der Waals surface area contributed by atoms with E-state index in [1.807, 2.05) is 39.0 Å². The molecule has 0 spiro atoms. The van der Waals surface area contributed by atoms with Crippen LogP contribution in [-0.4, -0.2) is 11.9 Å². The molecule has 76 valence electrons. The summed E-state index contributed by atoms with van der Waals surface area (Å²) in [6, 6.07) is 0.0301. The Morgan fingerprint density at radius 1 is 1.43 bits per heavy atom. The van der Waals surface area contributed by atoms with Gasteiger partial charge in [0.2, 0.25) is 5.91 Å². The van der Waals surface area contributed by atoms with Gasteiger partial charge in [-0.25, -0.2) is 0 Å². The van der Waals surface area contributed by atoms with E-state index in [2.05, 4.69) is 5.32 Å². The molecule has 0 aromatic carbocycles. The van der Waals surface area contributed by atoms with Gasteiger partial charge in [-0.05, 0) is 6.08 Å². The Kier molecular flexibility index (Phi) is 1.84. The lowest BCUT2D eigenvalue weighted by molar-refractivity contribution is -0.128. The maximum atomic E-state index is 11.8.